The summed E-state index contributed by atoms with van der Waals surface area (Å²) < 4.78 is 13.7. The minimum absolute atomic E-state index is 0.0109. The first kappa shape index (κ1) is 36.9. The summed E-state index contributed by atoms with van der Waals surface area (Å²) in [5.74, 6) is 4.37. The van der Waals surface area contributed by atoms with Crippen LogP contribution in [0.1, 0.15) is 116 Å². The summed E-state index contributed by atoms with van der Waals surface area (Å²) in [6.45, 7) is 10.1. The van der Waals surface area contributed by atoms with Gasteiger partial charge in [-0.05, 0) is 153 Å². The van der Waals surface area contributed by atoms with Crippen LogP contribution < -0.4 is 20.9 Å². The molecule has 8 aliphatic rings. The molecule has 0 heterocycles. The van der Waals surface area contributed by atoms with Crippen molar-refractivity contribution in [1.82, 2.24) is 0 Å². The molecule has 4 atom stereocenters. The van der Waals surface area contributed by atoms with Gasteiger partial charge in [0.25, 0.3) is 0 Å². The van der Waals surface area contributed by atoms with Crippen LogP contribution >= 0.6 is 0 Å². The topological polar surface area (TPSA) is 151 Å². The number of phenols is 4. The van der Waals surface area contributed by atoms with Crippen molar-refractivity contribution >= 4 is 11.4 Å². The molecule has 0 saturated heterocycles. The van der Waals surface area contributed by atoms with Crippen molar-refractivity contribution < 1.29 is 29.9 Å². The number of ether oxygens (including phenoxy) is 2. The van der Waals surface area contributed by atoms with E-state index in [2.05, 4.69) is 39.8 Å². The maximum atomic E-state index is 10.6. The molecular formula is C48H58N2O6. The fourth-order valence-corrected chi connectivity index (χ4v) is 15.0. The highest BCUT2D eigenvalue weighted by Crippen LogP contribution is 2.73. The fourth-order valence-electron chi connectivity index (χ4n) is 15.0. The lowest BCUT2D eigenvalue weighted by molar-refractivity contribution is -0.112. The van der Waals surface area contributed by atoms with Crippen LogP contribution in [0.15, 0.2) is 72.8 Å². The Morgan fingerprint density at radius 2 is 0.875 bits per heavy atom. The van der Waals surface area contributed by atoms with Crippen LogP contribution in [-0.4, -0.2) is 20.4 Å². The first-order valence-corrected chi connectivity index (χ1v) is 20.6. The smallest absolute Gasteiger partial charge is 0.142 e. The van der Waals surface area contributed by atoms with Crippen molar-refractivity contribution in [2.75, 3.05) is 11.5 Å². The SMILES string of the molecule is CC12CC3CC(C)(C1)CC(c1cc(C45CC6CC(C)(CC(C)(C6)C4)C5)c(Oc4ccc(N)c(O)c4)cc1Oc1ccc(N)c(O)c1)(C3)C2.Oc1cccc(O)c1. The highest BCUT2D eigenvalue weighted by atomic mass is 16.5. The minimum atomic E-state index is 0.0109. The van der Waals surface area contributed by atoms with Gasteiger partial charge in [0, 0.05) is 46.2 Å². The van der Waals surface area contributed by atoms with E-state index in [0.29, 0.717) is 44.5 Å². The maximum absolute atomic E-state index is 10.6. The number of rotatable bonds is 6. The Morgan fingerprint density at radius 3 is 1.20 bits per heavy atom. The van der Waals surface area contributed by atoms with Gasteiger partial charge in [0.05, 0.1) is 11.4 Å². The van der Waals surface area contributed by atoms with Gasteiger partial charge in [-0.2, -0.15) is 0 Å². The molecule has 12 rings (SSSR count). The molecule has 8 saturated carbocycles. The highest BCUT2D eigenvalue weighted by molar-refractivity contribution is 5.60. The minimum Gasteiger partial charge on any atom is -0.508 e. The quantitative estimate of drug-likeness (QED) is 0.0840. The third-order valence-electron chi connectivity index (χ3n) is 14.8. The number of hydrogen-bond acceptors (Lipinski definition) is 8. The molecule has 296 valence electrons. The van der Waals surface area contributed by atoms with E-state index in [-0.39, 0.29) is 33.8 Å². The Kier molecular flexibility index (Phi) is 8.16. The predicted octanol–water partition coefficient (Wildman–Crippen LogP) is 11.4. The van der Waals surface area contributed by atoms with E-state index in [4.69, 9.17) is 31.2 Å². The average Bonchev–Trinajstić information content (AvgIpc) is 3.05. The molecule has 0 amide bonds. The molecule has 8 aliphatic carbocycles. The van der Waals surface area contributed by atoms with Gasteiger partial charge in [0.15, 0.2) is 0 Å². The molecule has 0 spiro atoms. The van der Waals surface area contributed by atoms with Crippen molar-refractivity contribution in [1.29, 1.82) is 0 Å². The second-order valence-corrected chi connectivity index (χ2v) is 20.8. The molecule has 4 unspecified atom stereocenters. The summed E-state index contributed by atoms with van der Waals surface area (Å²) in [7, 11) is 0. The molecule has 8 fully saturated rings. The third-order valence-corrected chi connectivity index (χ3v) is 14.8. The van der Waals surface area contributed by atoms with Crippen LogP contribution in [0.2, 0.25) is 0 Å². The van der Waals surface area contributed by atoms with Gasteiger partial charge in [0.2, 0.25) is 0 Å². The molecule has 8 heteroatoms. The Bertz CT molecular complexity index is 2030. The molecule has 8 nitrogen and oxygen atoms in total. The van der Waals surface area contributed by atoms with E-state index in [1.54, 1.807) is 30.3 Å². The molecule has 8 N–H and O–H groups in total. The summed E-state index contributed by atoms with van der Waals surface area (Å²) in [6.07, 6.45) is 15.0. The summed E-state index contributed by atoms with van der Waals surface area (Å²) in [5.41, 5.74) is 16.6. The number of anilines is 2. The van der Waals surface area contributed by atoms with Gasteiger partial charge in [-0.15, -0.1) is 0 Å². The second-order valence-electron chi connectivity index (χ2n) is 20.8. The number of phenolic OH excluding ortho intramolecular Hbond substituents is 4. The van der Waals surface area contributed by atoms with E-state index in [1.165, 1.54) is 106 Å². The lowest BCUT2D eigenvalue weighted by atomic mass is 9.38. The normalized spacial score (nSPS) is 35.9. The Labute approximate surface area is 330 Å². The molecule has 0 radical (unpaired) electrons. The maximum Gasteiger partial charge on any atom is 0.142 e. The van der Waals surface area contributed by atoms with Crippen LogP contribution in [-0.2, 0) is 10.8 Å². The second kappa shape index (κ2) is 12.4. The largest absolute Gasteiger partial charge is 0.508 e. The average molecular weight is 759 g/mol. The van der Waals surface area contributed by atoms with E-state index < -0.39 is 0 Å². The molecule has 0 aliphatic heterocycles. The number of hydrogen-bond donors (Lipinski definition) is 6. The number of nitrogen functional groups attached to an aromatic ring is 2. The molecule has 56 heavy (non-hydrogen) atoms. The first-order valence-electron chi connectivity index (χ1n) is 20.6. The van der Waals surface area contributed by atoms with E-state index in [1.807, 2.05) is 12.1 Å². The lowest BCUT2D eigenvalue weighted by Crippen LogP contribution is -2.57. The van der Waals surface area contributed by atoms with Crippen LogP contribution in [0.5, 0.6) is 46.0 Å². The van der Waals surface area contributed by atoms with Gasteiger partial charge < -0.3 is 41.4 Å². The summed E-state index contributed by atoms with van der Waals surface area (Å²) in [4.78, 5) is 0. The standard InChI is InChI=1S/C42H52N2O4.C6H6O2/c1-37-13-25-14-38(2,19-37)22-41(17-25,21-37)29-11-30(42-18-26-15-39(3,23-42)20-40(4,16-26)24-42)36(48-28-6-8-32(44)34(46)10-28)12-35(29)47-27-5-7-31(43)33(45)9-27;7-5-2-1-3-6(8)4-5/h5-12,25-26,45-46H,13-24,43-44H2,1-4H3;1-4,7-8H. The lowest BCUT2D eigenvalue weighted by Gasteiger charge is -2.66. The zero-order valence-electron chi connectivity index (χ0n) is 33.3. The zero-order chi connectivity index (χ0) is 39.5. The van der Waals surface area contributed by atoms with Gasteiger partial charge in [-0.25, -0.2) is 0 Å². The van der Waals surface area contributed by atoms with Gasteiger partial charge >= 0.3 is 0 Å². The van der Waals surface area contributed by atoms with Crippen LogP contribution in [0, 0.1) is 33.5 Å². The van der Waals surface area contributed by atoms with Crippen LogP contribution in [0.3, 0.4) is 0 Å². The van der Waals surface area contributed by atoms with Crippen molar-refractivity contribution in [3.8, 4) is 46.0 Å². The Hall–Kier alpha value is -4.72. The Balaban J connectivity index is 0.000000459. The Morgan fingerprint density at radius 1 is 0.482 bits per heavy atom. The third kappa shape index (κ3) is 6.47. The van der Waals surface area contributed by atoms with E-state index in [0.717, 1.165) is 23.3 Å². The summed E-state index contributed by atoms with van der Waals surface area (Å²) in [6, 6.07) is 20.9. The van der Waals surface area contributed by atoms with Crippen molar-refractivity contribution in [2.24, 2.45) is 33.5 Å². The molecule has 4 aromatic rings. The fraction of sp³-hybridized carbons (Fsp3) is 0.500. The summed E-state index contributed by atoms with van der Waals surface area (Å²) in [5, 5.41) is 38.4. The van der Waals surface area contributed by atoms with E-state index >= 15 is 0 Å². The molecule has 0 aromatic heterocycles. The highest BCUT2D eigenvalue weighted by Gasteiger charge is 2.63. The van der Waals surface area contributed by atoms with Gasteiger partial charge in [-0.1, -0.05) is 33.8 Å². The van der Waals surface area contributed by atoms with Crippen LogP contribution in [0.25, 0.3) is 0 Å². The van der Waals surface area contributed by atoms with E-state index in [9.17, 15) is 10.2 Å². The summed E-state index contributed by atoms with van der Waals surface area (Å²) >= 11 is 0. The number of nitrogens with two attached hydrogens (primary N) is 2. The predicted molar refractivity (Wildman–Crippen MR) is 220 cm³/mol. The van der Waals surface area contributed by atoms with Crippen LogP contribution in [0.4, 0.5) is 11.4 Å². The van der Waals surface area contributed by atoms with Crippen molar-refractivity contribution in [3.05, 3.63) is 83.9 Å². The van der Waals surface area contributed by atoms with Gasteiger partial charge in [-0.3, -0.25) is 0 Å². The molecule has 8 bridgehead atoms. The first-order chi connectivity index (χ1) is 26.4. The van der Waals surface area contributed by atoms with Crippen molar-refractivity contribution in [2.45, 2.75) is 116 Å². The van der Waals surface area contributed by atoms with Crippen molar-refractivity contribution in [3.63, 3.8) is 0 Å². The zero-order valence-corrected chi connectivity index (χ0v) is 33.3. The molecular weight excluding hydrogens is 701 g/mol. The molecule has 4 aromatic carbocycles. The monoisotopic (exact) mass is 758 g/mol. The number of aromatic hydroxyl groups is 4. The van der Waals surface area contributed by atoms with Gasteiger partial charge in [0.1, 0.15) is 46.0 Å². The number of benzene rings is 4.